The predicted octanol–water partition coefficient (Wildman–Crippen LogP) is 4.37. The molecule has 0 radical (unpaired) electrons. The van der Waals surface area contributed by atoms with Crippen LogP contribution in [-0.2, 0) is 0 Å². The van der Waals surface area contributed by atoms with Gasteiger partial charge in [-0.25, -0.2) is 0 Å². The molecular formula is C15H16N2S2. The molecule has 2 nitrogen and oxygen atoms in total. The first-order valence-corrected chi connectivity index (χ1v) is 8.10. The van der Waals surface area contributed by atoms with Crippen molar-refractivity contribution in [3.05, 3.63) is 52.0 Å². The molecule has 0 aliphatic heterocycles. The smallest absolute Gasteiger partial charge is 0.0689 e. The fraction of sp³-hybridized carbons (Fsp3) is 0.267. The van der Waals surface area contributed by atoms with E-state index in [0.717, 1.165) is 6.54 Å². The van der Waals surface area contributed by atoms with E-state index in [2.05, 4.69) is 47.7 Å². The molecule has 0 spiro atoms. The van der Waals surface area contributed by atoms with Crippen molar-refractivity contribution < 1.29 is 0 Å². The number of fused-ring (bicyclic) bond motifs is 1. The van der Waals surface area contributed by atoms with Crippen LogP contribution in [0.3, 0.4) is 0 Å². The number of nitrogens with zero attached hydrogens (tertiary/aromatic N) is 1. The summed E-state index contributed by atoms with van der Waals surface area (Å²) in [7, 11) is 0. The first kappa shape index (κ1) is 12.8. The van der Waals surface area contributed by atoms with E-state index in [1.807, 2.05) is 35.1 Å². The van der Waals surface area contributed by atoms with Crippen molar-refractivity contribution in [3.63, 3.8) is 0 Å². The monoisotopic (exact) mass is 288 g/mol. The Balaban J connectivity index is 2.06. The lowest BCUT2D eigenvalue weighted by Crippen LogP contribution is -2.22. The Morgan fingerprint density at radius 2 is 2.21 bits per heavy atom. The quantitative estimate of drug-likeness (QED) is 0.771. The lowest BCUT2D eigenvalue weighted by molar-refractivity contribution is 0.635. The molecule has 98 valence electrons. The van der Waals surface area contributed by atoms with Gasteiger partial charge in [-0.3, -0.25) is 4.98 Å². The highest BCUT2D eigenvalue weighted by Gasteiger charge is 2.18. The van der Waals surface area contributed by atoms with Crippen molar-refractivity contribution in [1.82, 2.24) is 10.3 Å². The first-order valence-electron chi connectivity index (χ1n) is 6.40. The van der Waals surface area contributed by atoms with Crippen LogP contribution in [0.2, 0.25) is 0 Å². The summed E-state index contributed by atoms with van der Waals surface area (Å²) < 4.78 is 2.76. The minimum atomic E-state index is 0.253. The van der Waals surface area contributed by atoms with E-state index in [1.165, 1.54) is 25.4 Å². The predicted molar refractivity (Wildman–Crippen MR) is 84.2 cm³/mol. The van der Waals surface area contributed by atoms with Gasteiger partial charge in [0.2, 0.25) is 0 Å². The summed E-state index contributed by atoms with van der Waals surface area (Å²) in [6.07, 6.45) is 3.84. The summed E-state index contributed by atoms with van der Waals surface area (Å²) in [6.45, 7) is 5.25. The molecule has 3 aromatic rings. The minimum Gasteiger partial charge on any atom is -0.306 e. The zero-order valence-electron chi connectivity index (χ0n) is 11.0. The van der Waals surface area contributed by atoms with E-state index >= 15 is 0 Å². The molecule has 0 saturated carbocycles. The van der Waals surface area contributed by atoms with Crippen molar-refractivity contribution in [1.29, 1.82) is 0 Å². The molecule has 1 atom stereocenters. The van der Waals surface area contributed by atoms with Crippen LogP contribution in [0.15, 0.2) is 36.0 Å². The van der Waals surface area contributed by atoms with Crippen LogP contribution in [0.25, 0.3) is 9.40 Å². The number of aryl methyl sites for hydroxylation is 1. The molecule has 0 fully saturated rings. The van der Waals surface area contributed by atoms with Crippen molar-refractivity contribution >= 4 is 32.1 Å². The molecule has 1 unspecified atom stereocenters. The van der Waals surface area contributed by atoms with Crippen LogP contribution >= 0.6 is 22.7 Å². The molecular weight excluding hydrogens is 272 g/mol. The molecule has 0 amide bonds. The first-order chi connectivity index (χ1) is 9.29. The largest absolute Gasteiger partial charge is 0.306 e. The van der Waals surface area contributed by atoms with E-state index in [0.29, 0.717) is 0 Å². The van der Waals surface area contributed by atoms with Crippen LogP contribution in [-0.4, -0.2) is 11.5 Å². The van der Waals surface area contributed by atoms with Gasteiger partial charge in [0.15, 0.2) is 0 Å². The van der Waals surface area contributed by atoms with Crippen molar-refractivity contribution in [2.45, 2.75) is 19.9 Å². The van der Waals surface area contributed by atoms with Gasteiger partial charge in [-0.15, -0.1) is 22.7 Å². The van der Waals surface area contributed by atoms with Crippen LogP contribution in [0.5, 0.6) is 0 Å². The number of hydrogen-bond acceptors (Lipinski definition) is 4. The molecule has 0 aliphatic carbocycles. The lowest BCUT2D eigenvalue weighted by atomic mass is 10.0. The van der Waals surface area contributed by atoms with Gasteiger partial charge in [-0.2, -0.15) is 0 Å². The topological polar surface area (TPSA) is 24.9 Å². The Labute approximate surface area is 121 Å². The standard InChI is InChI=1S/C15H16N2S2/c1-3-17-15(11-9-16-6-4-10(11)2)14-8-13-12(19-14)5-7-18-13/h4-9,15,17H,3H2,1-2H3. The Hall–Kier alpha value is -1.23. The highest BCUT2D eigenvalue weighted by atomic mass is 32.1. The number of pyridine rings is 1. The van der Waals surface area contributed by atoms with Crippen molar-refractivity contribution in [3.8, 4) is 0 Å². The molecule has 19 heavy (non-hydrogen) atoms. The Morgan fingerprint density at radius 1 is 1.32 bits per heavy atom. The zero-order chi connectivity index (χ0) is 13.2. The van der Waals surface area contributed by atoms with Crippen LogP contribution in [0.4, 0.5) is 0 Å². The van der Waals surface area contributed by atoms with E-state index < -0.39 is 0 Å². The minimum absolute atomic E-state index is 0.253. The third-order valence-electron chi connectivity index (χ3n) is 3.24. The third-order valence-corrected chi connectivity index (χ3v) is 5.40. The number of aromatic nitrogens is 1. The van der Waals surface area contributed by atoms with E-state index in [9.17, 15) is 0 Å². The van der Waals surface area contributed by atoms with Gasteiger partial charge in [0.1, 0.15) is 0 Å². The van der Waals surface area contributed by atoms with Gasteiger partial charge in [-0.05, 0) is 48.2 Å². The van der Waals surface area contributed by atoms with Gasteiger partial charge >= 0.3 is 0 Å². The van der Waals surface area contributed by atoms with Crippen molar-refractivity contribution in [2.75, 3.05) is 6.54 Å². The average molecular weight is 288 g/mol. The van der Waals surface area contributed by atoms with Gasteiger partial charge in [-0.1, -0.05) is 6.92 Å². The number of nitrogens with one attached hydrogen (secondary N) is 1. The van der Waals surface area contributed by atoms with E-state index in [4.69, 9.17) is 0 Å². The molecule has 0 aromatic carbocycles. The number of hydrogen-bond donors (Lipinski definition) is 1. The highest BCUT2D eigenvalue weighted by Crippen LogP contribution is 2.36. The highest BCUT2D eigenvalue weighted by molar-refractivity contribution is 7.27. The van der Waals surface area contributed by atoms with Gasteiger partial charge in [0.25, 0.3) is 0 Å². The number of rotatable bonds is 4. The fourth-order valence-electron chi connectivity index (χ4n) is 2.27. The third kappa shape index (κ3) is 2.43. The SMILES string of the molecule is CCNC(c1cc2sccc2s1)c1cnccc1C. The Morgan fingerprint density at radius 3 is 2.95 bits per heavy atom. The maximum absolute atomic E-state index is 4.28. The van der Waals surface area contributed by atoms with Crippen molar-refractivity contribution in [2.24, 2.45) is 0 Å². The second-order valence-corrected chi connectivity index (χ2v) is 6.58. The van der Waals surface area contributed by atoms with Gasteiger partial charge < -0.3 is 5.32 Å². The van der Waals surface area contributed by atoms with E-state index in [-0.39, 0.29) is 6.04 Å². The summed E-state index contributed by atoms with van der Waals surface area (Å²) >= 11 is 3.69. The molecule has 3 rings (SSSR count). The molecule has 1 N–H and O–H groups in total. The Kier molecular flexibility index (Phi) is 3.64. The van der Waals surface area contributed by atoms with Crippen LogP contribution in [0, 0.1) is 6.92 Å². The second kappa shape index (κ2) is 5.41. The summed E-state index contributed by atoms with van der Waals surface area (Å²) in [4.78, 5) is 5.66. The molecule has 3 heterocycles. The zero-order valence-corrected chi connectivity index (χ0v) is 12.6. The Bertz CT molecular complexity index is 656. The summed E-state index contributed by atoms with van der Waals surface area (Å²) in [5.74, 6) is 0. The summed E-state index contributed by atoms with van der Waals surface area (Å²) in [5, 5.41) is 5.74. The van der Waals surface area contributed by atoms with Gasteiger partial charge in [0.05, 0.1) is 6.04 Å². The normalized spacial score (nSPS) is 12.9. The molecule has 3 aromatic heterocycles. The lowest BCUT2D eigenvalue weighted by Gasteiger charge is -2.18. The average Bonchev–Trinajstić information content (AvgIpc) is 2.97. The fourth-order valence-corrected chi connectivity index (χ4v) is 4.49. The second-order valence-electron chi connectivity index (χ2n) is 4.52. The summed E-state index contributed by atoms with van der Waals surface area (Å²) in [5.41, 5.74) is 2.57. The van der Waals surface area contributed by atoms with Gasteiger partial charge in [0, 0.05) is 26.7 Å². The summed E-state index contributed by atoms with van der Waals surface area (Å²) in [6, 6.07) is 6.84. The maximum Gasteiger partial charge on any atom is 0.0689 e. The molecule has 0 aliphatic rings. The maximum atomic E-state index is 4.28. The molecule has 0 saturated heterocycles. The van der Waals surface area contributed by atoms with E-state index in [1.54, 1.807) is 0 Å². The molecule has 0 bridgehead atoms. The molecule has 4 heteroatoms. The van der Waals surface area contributed by atoms with Crippen LogP contribution < -0.4 is 5.32 Å². The van der Waals surface area contributed by atoms with Crippen LogP contribution in [0.1, 0.15) is 29.0 Å². The number of thiophene rings is 2.